The van der Waals surface area contributed by atoms with Gasteiger partial charge in [0.15, 0.2) is 5.96 Å². The van der Waals surface area contributed by atoms with E-state index in [1.165, 1.54) is 0 Å². The minimum Gasteiger partial charge on any atom is -0.481 e. The van der Waals surface area contributed by atoms with Crippen molar-refractivity contribution in [2.75, 3.05) is 32.8 Å². The van der Waals surface area contributed by atoms with Crippen LogP contribution in [0, 0.1) is 0 Å². The van der Waals surface area contributed by atoms with Gasteiger partial charge in [0.2, 0.25) is 0 Å². The Morgan fingerprint density at radius 2 is 2.04 bits per heavy atom. The maximum atomic E-state index is 13.0. The topological polar surface area (TPSA) is 105 Å². The molecule has 1 unspecified atom stereocenters. The first-order valence-corrected chi connectivity index (χ1v) is 9.28. The molecule has 8 heteroatoms. The van der Waals surface area contributed by atoms with Crippen molar-refractivity contribution in [2.45, 2.75) is 32.3 Å². The first kappa shape index (κ1) is 20.7. The predicted octanol–water partition coefficient (Wildman–Crippen LogP) is 0.983. The molecule has 8 nitrogen and oxygen atoms in total. The summed E-state index contributed by atoms with van der Waals surface area (Å²) in [6.45, 7) is 4.16. The Kier molecular flexibility index (Phi) is 8.06. The van der Waals surface area contributed by atoms with E-state index in [9.17, 15) is 14.7 Å². The second kappa shape index (κ2) is 10.5. The van der Waals surface area contributed by atoms with E-state index in [1.54, 1.807) is 29.2 Å². The SMILES string of the molecule is CCC(O)CN(CN(CCCC(=O)O)C(=O)c1ccccc1)C1=NCCN1. The van der Waals surface area contributed by atoms with Gasteiger partial charge in [0.25, 0.3) is 5.91 Å². The molecule has 1 amide bonds. The number of nitrogens with one attached hydrogen (secondary N) is 1. The lowest BCUT2D eigenvalue weighted by molar-refractivity contribution is -0.137. The quantitative estimate of drug-likeness (QED) is 0.526. The lowest BCUT2D eigenvalue weighted by Crippen LogP contribution is -2.50. The Balaban J connectivity index is 2.15. The number of aliphatic imine (C=N–C) groups is 1. The largest absolute Gasteiger partial charge is 0.481 e. The van der Waals surface area contributed by atoms with Gasteiger partial charge in [-0.25, -0.2) is 0 Å². The second-order valence-corrected chi connectivity index (χ2v) is 6.49. The zero-order valence-corrected chi connectivity index (χ0v) is 15.7. The monoisotopic (exact) mass is 376 g/mol. The number of nitrogens with zero attached hydrogens (tertiary/aromatic N) is 3. The predicted molar refractivity (Wildman–Crippen MR) is 103 cm³/mol. The number of hydrogen-bond donors (Lipinski definition) is 3. The fraction of sp³-hybridized carbons (Fsp3) is 0.526. The van der Waals surface area contributed by atoms with Crippen LogP contribution >= 0.6 is 0 Å². The third-order valence-corrected chi connectivity index (χ3v) is 4.33. The number of hydrogen-bond acceptors (Lipinski definition) is 6. The van der Waals surface area contributed by atoms with Crippen LogP contribution in [0.3, 0.4) is 0 Å². The fourth-order valence-electron chi connectivity index (χ4n) is 2.82. The Labute approximate surface area is 159 Å². The van der Waals surface area contributed by atoms with Crippen molar-refractivity contribution >= 4 is 17.8 Å². The highest BCUT2D eigenvalue weighted by Gasteiger charge is 2.23. The highest BCUT2D eigenvalue weighted by molar-refractivity contribution is 5.94. The van der Waals surface area contributed by atoms with Crippen LogP contribution in [0.1, 0.15) is 36.5 Å². The summed E-state index contributed by atoms with van der Waals surface area (Å²) in [7, 11) is 0. The lowest BCUT2D eigenvalue weighted by Gasteiger charge is -2.33. The van der Waals surface area contributed by atoms with Crippen molar-refractivity contribution in [2.24, 2.45) is 4.99 Å². The van der Waals surface area contributed by atoms with Gasteiger partial charge in [-0.1, -0.05) is 25.1 Å². The number of carbonyl (C=O) groups is 2. The first-order valence-electron chi connectivity index (χ1n) is 9.28. The normalized spacial score (nSPS) is 14.2. The van der Waals surface area contributed by atoms with Crippen LogP contribution in [-0.2, 0) is 4.79 Å². The van der Waals surface area contributed by atoms with Gasteiger partial charge in [0.1, 0.15) is 0 Å². The minimum atomic E-state index is -0.887. The van der Waals surface area contributed by atoms with E-state index in [4.69, 9.17) is 5.11 Å². The van der Waals surface area contributed by atoms with Gasteiger partial charge in [-0.05, 0) is 25.0 Å². The summed E-state index contributed by atoms with van der Waals surface area (Å²) in [5, 5.41) is 22.2. The third kappa shape index (κ3) is 6.56. The van der Waals surface area contributed by atoms with Crippen LogP contribution in [0.25, 0.3) is 0 Å². The molecule has 3 N–H and O–H groups in total. The molecule has 1 aromatic carbocycles. The molecular weight excluding hydrogens is 348 g/mol. The van der Waals surface area contributed by atoms with Crippen molar-refractivity contribution in [3.8, 4) is 0 Å². The average Bonchev–Trinajstić information content (AvgIpc) is 3.21. The van der Waals surface area contributed by atoms with Gasteiger partial charge in [-0.15, -0.1) is 0 Å². The highest BCUT2D eigenvalue weighted by atomic mass is 16.4. The number of aliphatic carboxylic acids is 1. The molecular formula is C19H28N4O4. The number of aliphatic hydroxyl groups is 1. The minimum absolute atomic E-state index is 0.00461. The number of benzene rings is 1. The van der Waals surface area contributed by atoms with Crippen molar-refractivity contribution < 1.29 is 19.8 Å². The number of carboxylic acids is 1. The Morgan fingerprint density at radius 1 is 1.30 bits per heavy atom. The molecule has 0 radical (unpaired) electrons. The van der Waals surface area contributed by atoms with Gasteiger partial charge >= 0.3 is 5.97 Å². The molecule has 0 aliphatic carbocycles. The molecule has 0 saturated heterocycles. The van der Waals surface area contributed by atoms with Gasteiger partial charge in [-0.2, -0.15) is 0 Å². The Morgan fingerprint density at radius 3 is 2.63 bits per heavy atom. The van der Waals surface area contributed by atoms with E-state index in [2.05, 4.69) is 10.3 Å². The summed E-state index contributed by atoms with van der Waals surface area (Å²) in [5.74, 6) is -0.399. The highest BCUT2D eigenvalue weighted by Crippen LogP contribution is 2.10. The van der Waals surface area contributed by atoms with Crippen LogP contribution < -0.4 is 5.32 Å². The summed E-state index contributed by atoms with van der Waals surface area (Å²) in [4.78, 5) is 31.7. The molecule has 1 atom stereocenters. The molecule has 0 bridgehead atoms. The maximum Gasteiger partial charge on any atom is 0.303 e. The van der Waals surface area contributed by atoms with E-state index in [0.717, 1.165) is 6.54 Å². The molecule has 27 heavy (non-hydrogen) atoms. The summed E-state index contributed by atoms with van der Waals surface area (Å²) < 4.78 is 0. The molecule has 0 spiro atoms. The number of carbonyl (C=O) groups excluding carboxylic acids is 1. The van der Waals surface area contributed by atoms with Crippen LogP contribution in [0.5, 0.6) is 0 Å². The Bertz CT molecular complexity index is 650. The number of carboxylic acid groups (broad SMARTS) is 1. The van der Waals surface area contributed by atoms with Crippen molar-refractivity contribution in [1.29, 1.82) is 0 Å². The average molecular weight is 376 g/mol. The van der Waals surface area contributed by atoms with Crippen molar-refractivity contribution in [3.05, 3.63) is 35.9 Å². The standard InChI is InChI=1S/C19H28N4O4/c1-2-16(24)13-23(19-20-10-11-21-19)14-22(12-6-9-17(25)26)18(27)15-7-4-3-5-8-15/h3-5,7-8,16,24H,2,6,9-14H2,1H3,(H,20,21)(H,25,26). The number of amides is 1. The number of rotatable bonds is 10. The lowest BCUT2D eigenvalue weighted by atomic mass is 10.2. The molecule has 0 saturated carbocycles. The van der Waals surface area contributed by atoms with E-state index < -0.39 is 12.1 Å². The van der Waals surface area contributed by atoms with Crippen LogP contribution in [0.4, 0.5) is 0 Å². The summed E-state index contributed by atoms with van der Waals surface area (Å²) in [5.41, 5.74) is 0.546. The molecule has 1 aliphatic heterocycles. The van der Waals surface area contributed by atoms with Crippen molar-refractivity contribution in [1.82, 2.24) is 15.1 Å². The summed E-state index contributed by atoms with van der Waals surface area (Å²) in [6.07, 6.45) is 0.408. The molecule has 0 aromatic heterocycles. The van der Waals surface area contributed by atoms with Gasteiger partial charge in [0.05, 0.1) is 19.3 Å². The molecule has 1 aromatic rings. The fourth-order valence-corrected chi connectivity index (χ4v) is 2.82. The maximum absolute atomic E-state index is 13.0. The number of guanidine groups is 1. The molecule has 0 fully saturated rings. The third-order valence-electron chi connectivity index (χ3n) is 4.33. The van der Waals surface area contributed by atoms with E-state index in [0.29, 0.717) is 44.0 Å². The zero-order valence-electron chi connectivity index (χ0n) is 15.7. The molecule has 2 rings (SSSR count). The number of aliphatic hydroxyl groups excluding tert-OH is 1. The van der Waals surface area contributed by atoms with Gasteiger partial charge in [0, 0.05) is 31.6 Å². The van der Waals surface area contributed by atoms with E-state index in [1.807, 2.05) is 17.9 Å². The summed E-state index contributed by atoms with van der Waals surface area (Å²) in [6, 6.07) is 8.91. The molecule has 148 valence electrons. The summed E-state index contributed by atoms with van der Waals surface area (Å²) >= 11 is 0. The van der Waals surface area contributed by atoms with E-state index in [-0.39, 0.29) is 19.0 Å². The molecule has 1 aliphatic rings. The zero-order chi connectivity index (χ0) is 19.6. The smallest absolute Gasteiger partial charge is 0.303 e. The van der Waals surface area contributed by atoms with Crippen LogP contribution in [0.15, 0.2) is 35.3 Å². The molecule has 1 heterocycles. The van der Waals surface area contributed by atoms with E-state index >= 15 is 0 Å². The first-order chi connectivity index (χ1) is 13.0. The second-order valence-electron chi connectivity index (χ2n) is 6.49. The van der Waals surface area contributed by atoms with Crippen molar-refractivity contribution in [3.63, 3.8) is 0 Å². The van der Waals surface area contributed by atoms with Gasteiger partial charge in [-0.3, -0.25) is 14.6 Å². The van der Waals surface area contributed by atoms with Gasteiger partial charge < -0.3 is 25.3 Å². The van der Waals surface area contributed by atoms with Crippen LogP contribution in [0.2, 0.25) is 0 Å². The Hall–Kier alpha value is -2.61. The van der Waals surface area contributed by atoms with Crippen LogP contribution in [-0.4, -0.2) is 76.8 Å².